The maximum atomic E-state index is 12.2. The molecule has 0 radical (unpaired) electrons. The Balaban J connectivity index is 0.975. The highest BCUT2D eigenvalue weighted by atomic mass is 16.8. The van der Waals surface area contributed by atoms with Crippen LogP contribution in [0, 0.1) is 50.2 Å². The van der Waals surface area contributed by atoms with Crippen LogP contribution in [-0.4, -0.2) is 170 Å². The topological polar surface area (TPSA) is 247 Å². The molecule has 360 valence electrons. The molecular weight excluding hydrogens is 821 g/mol. The number of hydrogen-bond donors (Lipinski definition) is 9. The molecule has 0 amide bonds. The molecule has 16 nitrogen and oxygen atoms in total. The van der Waals surface area contributed by atoms with E-state index in [9.17, 15) is 46.0 Å². The van der Waals surface area contributed by atoms with Gasteiger partial charge in [-0.1, -0.05) is 60.6 Å². The third-order valence-electron chi connectivity index (χ3n) is 19.5. The summed E-state index contributed by atoms with van der Waals surface area (Å²) in [5, 5.41) is 98.1. The highest BCUT2D eigenvalue weighted by molar-refractivity contribution is 5.36. The second kappa shape index (κ2) is 15.8. The lowest BCUT2D eigenvalue weighted by atomic mass is 9.32. The Morgan fingerprint density at radius 2 is 1.33 bits per heavy atom. The molecule has 4 saturated carbocycles. The molecule has 4 saturated heterocycles. The molecule has 9 N–H and O–H groups in total. The van der Waals surface area contributed by atoms with Gasteiger partial charge in [-0.25, -0.2) is 0 Å². The number of ether oxygens (including phenoxy) is 7. The van der Waals surface area contributed by atoms with E-state index in [1.54, 1.807) is 6.92 Å². The van der Waals surface area contributed by atoms with Gasteiger partial charge in [0.15, 0.2) is 18.9 Å². The summed E-state index contributed by atoms with van der Waals surface area (Å²) >= 11 is 0. The van der Waals surface area contributed by atoms with E-state index < -0.39 is 122 Å². The summed E-state index contributed by atoms with van der Waals surface area (Å²) in [5.74, 6) is 0.655. The number of aliphatic hydroxyl groups is 9. The van der Waals surface area contributed by atoms with Gasteiger partial charge in [-0.15, -0.1) is 0 Å². The Hall–Kier alpha value is -0.900. The minimum atomic E-state index is -1.78. The summed E-state index contributed by atoms with van der Waals surface area (Å²) in [7, 11) is 0. The van der Waals surface area contributed by atoms with Gasteiger partial charge in [0.2, 0.25) is 0 Å². The monoisotopic (exact) mass is 897 g/mol. The molecule has 4 aliphatic heterocycles. The van der Waals surface area contributed by atoms with Gasteiger partial charge in [0.25, 0.3) is 0 Å². The van der Waals surface area contributed by atoms with Crippen LogP contribution in [0.1, 0.15) is 107 Å². The van der Waals surface area contributed by atoms with E-state index in [0.717, 1.165) is 44.9 Å². The van der Waals surface area contributed by atoms with Gasteiger partial charge in [0.1, 0.15) is 61.0 Å². The minimum absolute atomic E-state index is 0.139. The molecule has 0 aromatic rings. The van der Waals surface area contributed by atoms with Crippen molar-refractivity contribution in [3.8, 4) is 0 Å². The first-order valence-corrected chi connectivity index (χ1v) is 23.7. The van der Waals surface area contributed by atoms with Crippen LogP contribution >= 0.6 is 0 Å². The molecule has 4 heterocycles. The van der Waals surface area contributed by atoms with Crippen LogP contribution in [0.4, 0.5) is 0 Å². The van der Waals surface area contributed by atoms with Gasteiger partial charge in [-0.05, 0) is 91.8 Å². The number of allylic oxidation sites excluding steroid dienone is 1. The first-order valence-electron chi connectivity index (χ1n) is 23.7. The van der Waals surface area contributed by atoms with E-state index in [-0.39, 0.29) is 44.8 Å². The van der Waals surface area contributed by atoms with Crippen LogP contribution in [-0.2, 0) is 33.2 Å². The predicted molar refractivity (Wildman–Crippen MR) is 222 cm³/mol. The van der Waals surface area contributed by atoms with Crippen molar-refractivity contribution < 1.29 is 79.1 Å². The zero-order valence-corrected chi connectivity index (χ0v) is 38.3. The van der Waals surface area contributed by atoms with E-state index >= 15 is 0 Å². The van der Waals surface area contributed by atoms with Crippen molar-refractivity contribution >= 4 is 0 Å². The third-order valence-corrected chi connectivity index (χ3v) is 19.5. The van der Waals surface area contributed by atoms with Crippen molar-refractivity contribution in [3.63, 3.8) is 0 Å². The zero-order valence-electron chi connectivity index (χ0n) is 38.3. The molecule has 0 aromatic carbocycles. The molecule has 1 spiro atoms. The summed E-state index contributed by atoms with van der Waals surface area (Å²) in [6.07, 6.45) is -9.72. The van der Waals surface area contributed by atoms with Gasteiger partial charge >= 0.3 is 0 Å². The van der Waals surface area contributed by atoms with Gasteiger partial charge < -0.3 is 79.1 Å². The Bertz CT molecular complexity index is 1730. The molecule has 8 fully saturated rings. The summed E-state index contributed by atoms with van der Waals surface area (Å²) < 4.78 is 43.9. The third kappa shape index (κ3) is 6.73. The first-order chi connectivity index (χ1) is 29.4. The summed E-state index contributed by atoms with van der Waals surface area (Å²) in [6, 6.07) is 0. The number of hydrogen-bond acceptors (Lipinski definition) is 16. The number of rotatable bonds is 7. The van der Waals surface area contributed by atoms with Gasteiger partial charge in [0.05, 0.1) is 43.7 Å². The molecule has 2 bridgehead atoms. The molecule has 9 aliphatic rings. The lowest BCUT2D eigenvalue weighted by Crippen LogP contribution is -2.72. The fourth-order valence-electron chi connectivity index (χ4n) is 15.5. The Labute approximate surface area is 371 Å². The van der Waals surface area contributed by atoms with Gasteiger partial charge in [-0.2, -0.15) is 0 Å². The van der Waals surface area contributed by atoms with Crippen LogP contribution in [0.2, 0.25) is 0 Å². The second-order valence-electron chi connectivity index (χ2n) is 23.5. The molecule has 63 heavy (non-hydrogen) atoms. The van der Waals surface area contributed by atoms with E-state index in [1.807, 2.05) is 0 Å². The average molecular weight is 897 g/mol. The van der Waals surface area contributed by atoms with Crippen LogP contribution in [0.25, 0.3) is 0 Å². The maximum Gasteiger partial charge on any atom is 0.187 e. The average Bonchev–Trinajstić information content (AvgIpc) is 3.50. The van der Waals surface area contributed by atoms with Crippen molar-refractivity contribution in [2.24, 2.45) is 50.2 Å². The molecule has 9 rings (SSSR count). The van der Waals surface area contributed by atoms with E-state index in [1.165, 1.54) is 0 Å². The molecule has 0 aromatic heterocycles. The maximum absolute atomic E-state index is 12.2. The Kier molecular flexibility index (Phi) is 11.8. The standard InChI is InChI=1S/C47H76O16/c1-22-30(51)33(54)36(63-40-37(34(55)32(53)24(19-48)60-40)62-38-35(56)31(52)23(49)20-57-38)39(59-22)61-29-11-12-43(6)25(42(29,4)5)9-13-44(7)26(43)10-14-47-27-17-41(2,3)15-16-46(27,21-58-47)28(50)18-45(44,47)8/h10,14,22-40,48-56H,9,11-13,15-21H2,1-8H3/t22-,23+,24-,25+,26+,27-,28-,29-,30-,31-,32+,33-,34-,35-,36-,37+,38+,39+,40+,43+,44-,45+,46+,47-/m1/s1. The van der Waals surface area contributed by atoms with Crippen molar-refractivity contribution in [2.75, 3.05) is 19.8 Å². The number of aliphatic hydroxyl groups excluding tert-OH is 9. The molecule has 24 atom stereocenters. The fourth-order valence-corrected chi connectivity index (χ4v) is 15.5. The van der Waals surface area contributed by atoms with Crippen molar-refractivity contribution in [1.29, 1.82) is 0 Å². The lowest BCUT2D eigenvalue weighted by Gasteiger charge is -2.73. The van der Waals surface area contributed by atoms with E-state index in [2.05, 4.69) is 60.6 Å². The molecule has 5 aliphatic carbocycles. The van der Waals surface area contributed by atoms with E-state index in [4.69, 9.17) is 33.2 Å². The quantitative estimate of drug-likeness (QED) is 0.129. The Morgan fingerprint density at radius 1 is 0.667 bits per heavy atom. The largest absolute Gasteiger partial charge is 0.394 e. The zero-order chi connectivity index (χ0) is 45.6. The summed E-state index contributed by atoms with van der Waals surface area (Å²) in [6.45, 7) is 17.6. The Morgan fingerprint density at radius 3 is 2.03 bits per heavy atom. The van der Waals surface area contributed by atoms with Gasteiger partial charge in [-0.3, -0.25) is 0 Å². The van der Waals surface area contributed by atoms with Crippen molar-refractivity contribution in [1.82, 2.24) is 0 Å². The number of fused-ring (bicyclic) bond motifs is 4. The lowest BCUT2D eigenvalue weighted by molar-refractivity contribution is -0.393. The molecular formula is C47H76O16. The summed E-state index contributed by atoms with van der Waals surface area (Å²) in [4.78, 5) is 0. The highest BCUT2D eigenvalue weighted by Gasteiger charge is 2.79. The molecule has 16 heteroatoms. The van der Waals surface area contributed by atoms with Crippen LogP contribution in [0.3, 0.4) is 0 Å². The highest BCUT2D eigenvalue weighted by Crippen LogP contribution is 2.79. The predicted octanol–water partition coefficient (Wildman–Crippen LogP) is 1.27. The fraction of sp³-hybridized carbons (Fsp3) is 0.957. The van der Waals surface area contributed by atoms with Crippen molar-refractivity contribution in [2.45, 2.75) is 211 Å². The molecule has 0 unspecified atom stereocenters. The normalized spacial score (nSPS) is 58.3. The van der Waals surface area contributed by atoms with Gasteiger partial charge in [0, 0.05) is 16.7 Å². The SMILES string of the molecule is C[C@H]1O[C@@H](O[C@@H]2CC[C@@]3(C)[C@@H](CC[C@]4(C)[C@H]3C=C[C@@]35OC[C@]6(CCC(C)(C)C[C@H]63)[C@H](O)C[C@@]45C)C2(C)C)[C@H](O[C@@H]2O[C@H](CO)[C@H](O)[C@@H](O)[C@@H]2O[C@@H]2OC[C@H](O)[C@@H](O)[C@H]2O)[C@H](O)[C@@H]1O. The van der Waals surface area contributed by atoms with Crippen molar-refractivity contribution in [3.05, 3.63) is 12.2 Å². The van der Waals surface area contributed by atoms with Crippen LogP contribution < -0.4 is 0 Å². The second-order valence-corrected chi connectivity index (χ2v) is 23.5. The first kappa shape index (κ1) is 47.2. The van der Waals surface area contributed by atoms with Crippen LogP contribution in [0.15, 0.2) is 12.2 Å². The smallest absolute Gasteiger partial charge is 0.187 e. The minimum Gasteiger partial charge on any atom is -0.394 e. The van der Waals surface area contributed by atoms with Crippen LogP contribution in [0.5, 0.6) is 0 Å². The summed E-state index contributed by atoms with van der Waals surface area (Å²) in [5.41, 5.74) is -1.48. The van der Waals surface area contributed by atoms with E-state index in [0.29, 0.717) is 13.0 Å².